The van der Waals surface area contributed by atoms with E-state index >= 15 is 0 Å². The van der Waals surface area contributed by atoms with Gasteiger partial charge < -0.3 is 10.2 Å². The van der Waals surface area contributed by atoms with Gasteiger partial charge in [0.05, 0.1) is 12.1 Å². The molecule has 4 rings (SSSR count). The molecule has 0 radical (unpaired) electrons. The second kappa shape index (κ2) is 8.17. The van der Waals surface area contributed by atoms with Crippen molar-refractivity contribution >= 4 is 11.9 Å². The second-order valence-electron chi connectivity index (χ2n) is 8.01. The van der Waals surface area contributed by atoms with Crippen molar-refractivity contribution in [3.8, 4) is 0 Å². The number of H-pyrrole nitrogens is 1. The maximum Gasteiger partial charge on any atom is 0.255 e. The Morgan fingerprint density at radius 2 is 2.04 bits per heavy atom. The summed E-state index contributed by atoms with van der Waals surface area (Å²) in [6.07, 6.45) is 6.07. The predicted octanol–water partition coefficient (Wildman–Crippen LogP) is 2.60. The molecule has 2 aliphatic rings. The van der Waals surface area contributed by atoms with Crippen LogP contribution in [0.1, 0.15) is 48.1 Å². The van der Waals surface area contributed by atoms with E-state index in [1.165, 1.54) is 5.56 Å². The molecule has 0 unspecified atom stereocenters. The molecule has 2 heterocycles. The number of carbonyl (C=O) groups is 1. The molecule has 148 valence electrons. The summed E-state index contributed by atoms with van der Waals surface area (Å²) in [5, 5.41) is 3.38. The van der Waals surface area contributed by atoms with Gasteiger partial charge in [0.15, 0.2) is 0 Å². The van der Waals surface area contributed by atoms with Crippen molar-refractivity contribution in [2.75, 3.05) is 18.4 Å². The number of aromatic amines is 1. The fraction of sp³-hybridized carbons (Fsp3) is 0.500. The lowest BCUT2D eigenvalue weighted by Crippen LogP contribution is -2.43. The number of benzene rings is 1. The largest absolute Gasteiger partial charge is 0.353 e. The molecule has 2 N–H and O–H groups in total. The van der Waals surface area contributed by atoms with Crippen LogP contribution in [0.15, 0.2) is 29.1 Å². The van der Waals surface area contributed by atoms with Gasteiger partial charge in [-0.05, 0) is 51.0 Å². The molecule has 1 aromatic carbocycles. The van der Waals surface area contributed by atoms with E-state index in [2.05, 4.69) is 21.4 Å². The number of hydrogen-bond acceptors (Lipinski definition) is 4. The minimum absolute atomic E-state index is 0.00188. The number of piperidine rings is 1. The molecule has 2 aromatic rings. The maximum atomic E-state index is 12.6. The Bertz CT molecular complexity index is 913. The molecule has 0 spiro atoms. The standard InChI is InChI=1S/C22H28N4O2/c1-15-5-4-6-16(13-15)14-20(27)26-11-9-17(10-12-26)23-22-24-19-8-3-2-7-18(19)21(28)25-22/h4-6,13,17H,2-3,7-12,14H2,1H3,(H2,23,24,25,28). The molecule has 1 saturated heterocycles. The number of rotatable bonds is 4. The van der Waals surface area contributed by atoms with Gasteiger partial charge in [-0.3, -0.25) is 14.6 Å². The summed E-state index contributed by atoms with van der Waals surface area (Å²) in [7, 11) is 0. The zero-order chi connectivity index (χ0) is 19.5. The Labute approximate surface area is 165 Å². The Balaban J connectivity index is 1.32. The van der Waals surface area contributed by atoms with E-state index in [9.17, 15) is 9.59 Å². The van der Waals surface area contributed by atoms with Gasteiger partial charge in [-0.1, -0.05) is 29.8 Å². The summed E-state index contributed by atoms with van der Waals surface area (Å²) >= 11 is 0. The van der Waals surface area contributed by atoms with Crippen LogP contribution in [0.3, 0.4) is 0 Å². The van der Waals surface area contributed by atoms with Crippen LogP contribution >= 0.6 is 0 Å². The Hall–Kier alpha value is -2.63. The van der Waals surface area contributed by atoms with Crippen molar-refractivity contribution in [3.63, 3.8) is 0 Å². The third-order valence-corrected chi connectivity index (χ3v) is 5.82. The number of nitrogens with zero attached hydrogens (tertiary/aromatic N) is 2. The highest BCUT2D eigenvalue weighted by molar-refractivity contribution is 5.79. The van der Waals surface area contributed by atoms with E-state index in [4.69, 9.17) is 0 Å². The SMILES string of the molecule is Cc1cccc(CC(=O)N2CCC(Nc3nc4c(c(=O)[nH]3)CCCC4)CC2)c1. The fourth-order valence-electron chi connectivity index (χ4n) is 4.25. The first kappa shape index (κ1) is 18.7. The van der Waals surface area contributed by atoms with Gasteiger partial charge in [0, 0.05) is 24.7 Å². The van der Waals surface area contributed by atoms with Crippen LogP contribution in [0, 0.1) is 6.92 Å². The van der Waals surface area contributed by atoms with Gasteiger partial charge in [0.1, 0.15) is 0 Å². The van der Waals surface area contributed by atoms with E-state index in [1.807, 2.05) is 30.0 Å². The highest BCUT2D eigenvalue weighted by Crippen LogP contribution is 2.19. The molecule has 1 aliphatic carbocycles. The quantitative estimate of drug-likeness (QED) is 0.855. The number of carbonyl (C=O) groups excluding carboxylic acids is 1. The number of aryl methyl sites for hydroxylation is 2. The Morgan fingerprint density at radius 1 is 1.25 bits per heavy atom. The average molecular weight is 380 g/mol. The van der Waals surface area contributed by atoms with Gasteiger partial charge in [-0.2, -0.15) is 0 Å². The predicted molar refractivity (Wildman–Crippen MR) is 110 cm³/mol. The van der Waals surface area contributed by atoms with Gasteiger partial charge in [-0.25, -0.2) is 4.98 Å². The minimum Gasteiger partial charge on any atom is -0.353 e. The van der Waals surface area contributed by atoms with E-state index in [-0.39, 0.29) is 17.5 Å². The number of aromatic nitrogens is 2. The first-order valence-corrected chi connectivity index (χ1v) is 10.3. The van der Waals surface area contributed by atoms with Crippen LogP contribution < -0.4 is 10.9 Å². The molecule has 6 heteroatoms. The lowest BCUT2D eigenvalue weighted by Gasteiger charge is -2.32. The molecule has 1 aromatic heterocycles. The minimum atomic E-state index is -0.00188. The van der Waals surface area contributed by atoms with Gasteiger partial charge in [0.2, 0.25) is 11.9 Å². The summed E-state index contributed by atoms with van der Waals surface area (Å²) in [5.74, 6) is 0.763. The molecule has 6 nitrogen and oxygen atoms in total. The Morgan fingerprint density at radius 3 is 2.82 bits per heavy atom. The van der Waals surface area contributed by atoms with E-state index in [0.29, 0.717) is 12.4 Å². The normalized spacial score (nSPS) is 17.2. The third kappa shape index (κ3) is 4.26. The van der Waals surface area contributed by atoms with E-state index < -0.39 is 0 Å². The highest BCUT2D eigenvalue weighted by Gasteiger charge is 2.24. The zero-order valence-electron chi connectivity index (χ0n) is 16.5. The molecule has 0 atom stereocenters. The number of hydrogen-bond donors (Lipinski definition) is 2. The number of amides is 1. The first-order chi connectivity index (χ1) is 13.6. The smallest absolute Gasteiger partial charge is 0.255 e. The maximum absolute atomic E-state index is 12.6. The van der Waals surface area contributed by atoms with Crippen molar-refractivity contribution in [2.24, 2.45) is 0 Å². The number of anilines is 1. The molecular weight excluding hydrogens is 352 g/mol. The zero-order valence-corrected chi connectivity index (χ0v) is 16.5. The molecule has 0 bridgehead atoms. The molecule has 0 saturated carbocycles. The Kier molecular flexibility index (Phi) is 5.46. The van der Waals surface area contributed by atoms with Gasteiger partial charge in [-0.15, -0.1) is 0 Å². The highest BCUT2D eigenvalue weighted by atomic mass is 16.2. The van der Waals surface area contributed by atoms with Crippen molar-refractivity contribution in [1.82, 2.24) is 14.9 Å². The summed E-state index contributed by atoms with van der Waals surface area (Å²) in [5.41, 5.74) is 4.05. The molecule has 28 heavy (non-hydrogen) atoms. The van der Waals surface area contributed by atoms with Crippen molar-refractivity contribution in [1.29, 1.82) is 0 Å². The summed E-state index contributed by atoms with van der Waals surface area (Å²) in [6, 6.07) is 8.36. The van der Waals surface area contributed by atoms with Gasteiger partial charge >= 0.3 is 0 Å². The van der Waals surface area contributed by atoms with Crippen LogP contribution in [-0.4, -0.2) is 39.9 Å². The van der Waals surface area contributed by atoms with Crippen molar-refractivity contribution < 1.29 is 4.79 Å². The van der Waals surface area contributed by atoms with E-state index in [1.54, 1.807) is 0 Å². The lowest BCUT2D eigenvalue weighted by molar-refractivity contribution is -0.131. The molecule has 1 aliphatic heterocycles. The lowest BCUT2D eigenvalue weighted by atomic mass is 9.97. The monoisotopic (exact) mass is 380 g/mol. The van der Waals surface area contributed by atoms with Crippen molar-refractivity contribution in [3.05, 3.63) is 57.0 Å². The number of likely N-dealkylation sites (tertiary alicyclic amines) is 1. The summed E-state index contributed by atoms with van der Waals surface area (Å²) < 4.78 is 0. The summed E-state index contributed by atoms with van der Waals surface area (Å²) in [4.78, 5) is 34.4. The van der Waals surface area contributed by atoms with Crippen LogP contribution in [0.4, 0.5) is 5.95 Å². The third-order valence-electron chi connectivity index (χ3n) is 5.82. The van der Waals surface area contributed by atoms with Crippen LogP contribution in [-0.2, 0) is 24.1 Å². The van der Waals surface area contributed by atoms with Crippen LogP contribution in [0.2, 0.25) is 0 Å². The molecule has 1 amide bonds. The topological polar surface area (TPSA) is 78.1 Å². The second-order valence-corrected chi connectivity index (χ2v) is 8.01. The first-order valence-electron chi connectivity index (χ1n) is 10.3. The van der Waals surface area contributed by atoms with Crippen molar-refractivity contribution in [2.45, 2.75) is 57.9 Å². The van der Waals surface area contributed by atoms with E-state index in [0.717, 1.165) is 68.4 Å². The van der Waals surface area contributed by atoms with Crippen LogP contribution in [0.25, 0.3) is 0 Å². The molecule has 1 fully saturated rings. The summed E-state index contributed by atoms with van der Waals surface area (Å²) in [6.45, 7) is 3.51. The molecular formula is C22H28N4O2. The number of fused-ring (bicyclic) bond motifs is 1. The number of nitrogens with one attached hydrogen (secondary N) is 2. The average Bonchev–Trinajstić information content (AvgIpc) is 2.68. The van der Waals surface area contributed by atoms with Crippen LogP contribution in [0.5, 0.6) is 0 Å². The van der Waals surface area contributed by atoms with Gasteiger partial charge in [0.25, 0.3) is 5.56 Å². The fourth-order valence-corrected chi connectivity index (χ4v) is 4.25.